The molecule has 0 aliphatic carbocycles. The Morgan fingerprint density at radius 2 is 2.03 bits per heavy atom. The molecule has 0 bridgehead atoms. The van der Waals surface area contributed by atoms with E-state index in [-0.39, 0.29) is 5.04 Å². The minimum Gasteiger partial charge on any atom is -0.410 e. The Balaban J connectivity index is 2.30. The molecule has 0 amide bonds. The van der Waals surface area contributed by atoms with Crippen LogP contribution in [0.1, 0.15) is 41.0 Å². The van der Waals surface area contributed by atoms with Crippen LogP contribution in [0.2, 0.25) is 18.1 Å². The highest BCUT2D eigenvalue weighted by Gasteiger charge is 2.52. The van der Waals surface area contributed by atoms with Gasteiger partial charge in [0.25, 0.3) is 0 Å². The van der Waals surface area contributed by atoms with Crippen molar-refractivity contribution in [2.75, 3.05) is 0 Å². The van der Waals surface area contributed by atoms with Crippen LogP contribution in [0.3, 0.4) is 0 Å². The number of terminal acetylenes is 1. The number of ether oxygens (including phenoxy) is 2. The predicted octanol–water partition coefficient (Wildman–Crippen LogP) is 4.11. The third-order valence-electron chi connectivity index (χ3n) is 5.28. The first-order valence-corrected chi connectivity index (χ1v) is 13.0. The van der Waals surface area contributed by atoms with Gasteiger partial charge in [-0.15, -0.1) is 12.3 Å². The van der Waals surface area contributed by atoms with Crippen molar-refractivity contribution in [2.45, 2.75) is 83.3 Å². The highest BCUT2D eigenvalue weighted by molar-refractivity contribution is 7.71. The van der Waals surface area contributed by atoms with E-state index in [2.05, 4.69) is 39.8 Å². The van der Waals surface area contributed by atoms with E-state index in [1.165, 1.54) is 4.73 Å². The summed E-state index contributed by atoms with van der Waals surface area (Å²) in [6.07, 6.45) is 5.30. The van der Waals surface area contributed by atoms with Crippen molar-refractivity contribution < 1.29 is 23.5 Å². The number of carbonyl (C=O) groups is 1. The molecule has 1 aromatic rings. The second-order valence-electron chi connectivity index (χ2n) is 9.12. The van der Waals surface area contributed by atoms with Gasteiger partial charge in [0.15, 0.2) is 20.2 Å². The van der Waals surface area contributed by atoms with Gasteiger partial charge in [-0.05, 0) is 44.1 Å². The van der Waals surface area contributed by atoms with Gasteiger partial charge in [0.1, 0.15) is 10.7 Å². The van der Waals surface area contributed by atoms with Crippen LogP contribution in [0.25, 0.3) is 0 Å². The van der Waals surface area contributed by atoms with E-state index in [0.29, 0.717) is 11.1 Å². The Hall–Kier alpha value is -1.50. The molecule has 2 heterocycles. The third-order valence-corrected chi connectivity index (χ3v) is 10.1. The highest BCUT2D eigenvalue weighted by atomic mass is 32.1. The van der Waals surface area contributed by atoms with E-state index < -0.39 is 38.4 Å². The van der Waals surface area contributed by atoms with Gasteiger partial charge in [-0.25, -0.2) is 4.79 Å². The summed E-state index contributed by atoms with van der Waals surface area (Å²) in [7, 11) is -2.17. The maximum absolute atomic E-state index is 12.9. The maximum atomic E-state index is 12.9. The second kappa shape index (κ2) is 8.70. The van der Waals surface area contributed by atoms with Gasteiger partial charge in [-0.2, -0.15) is 4.73 Å². The molecule has 0 radical (unpaired) electrons. The monoisotopic (exact) mass is 437 g/mol. The molecule has 1 fully saturated rings. The van der Waals surface area contributed by atoms with E-state index in [9.17, 15) is 4.79 Å². The van der Waals surface area contributed by atoms with Crippen LogP contribution in [-0.4, -0.2) is 43.1 Å². The molecule has 0 saturated carbocycles. The molecule has 0 N–H and O–H groups in total. The molecule has 8 heteroatoms. The van der Waals surface area contributed by atoms with Crippen molar-refractivity contribution in [3.8, 4) is 12.3 Å². The zero-order valence-electron chi connectivity index (χ0n) is 18.2. The van der Waals surface area contributed by atoms with Gasteiger partial charge < -0.3 is 18.7 Å². The Labute approximate surface area is 179 Å². The number of aromatic nitrogens is 1. The Bertz CT molecular complexity index is 836. The molecule has 6 nitrogen and oxygen atoms in total. The van der Waals surface area contributed by atoms with Crippen molar-refractivity contribution in [1.82, 2.24) is 4.73 Å². The zero-order valence-corrected chi connectivity index (χ0v) is 20.0. The zero-order chi connectivity index (χ0) is 22.0. The van der Waals surface area contributed by atoms with Gasteiger partial charge in [0.05, 0.1) is 6.10 Å². The van der Waals surface area contributed by atoms with Crippen LogP contribution in [0.4, 0.5) is 0 Å². The van der Waals surface area contributed by atoms with Crippen LogP contribution in [0, 0.1) is 17.0 Å². The molecule has 2 rings (SSSR count). The van der Waals surface area contributed by atoms with Gasteiger partial charge >= 0.3 is 5.97 Å². The smallest absolute Gasteiger partial charge is 0.364 e. The van der Waals surface area contributed by atoms with E-state index >= 15 is 0 Å². The van der Waals surface area contributed by atoms with Crippen LogP contribution < -0.4 is 4.84 Å². The minimum atomic E-state index is -2.17. The summed E-state index contributed by atoms with van der Waals surface area (Å²) < 4.78 is 20.1. The SMILES string of the molecule is C#CCC(O[Si](C)(C)C(C)(C)C)[C@@H]1OC(C)(C)O[C@H]1C(=O)On1ccccc1=S. The first-order chi connectivity index (χ1) is 13.3. The quantitative estimate of drug-likeness (QED) is 0.379. The normalized spacial score (nSPS) is 22.7. The lowest BCUT2D eigenvalue weighted by Gasteiger charge is -2.40. The molecule has 3 atom stereocenters. The van der Waals surface area contributed by atoms with E-state index in [1.54, 1.807) is 38.2 Å². The Morgan fingerprint density at radius 3 is 2.59 bits per heavy atom. The van der Waals surface area contributed by atoms with Crippen LogP contribution in [0.15, 0.2) is 24.4 Å². The predicted molar refractivity (Wildman–Crippen MR) is 116 cm³/mol. The highest BCUT2D eigenvalue weighted by Crippen LogP contribution is 2.40. The molecule has 0 aromatic carbocycles. The Kier molecular flexibility index (Phi) is 7.13. The molecular formula is C21H31NO5SSi. The fraction of sp³-hybridized carbons (Fsp3) is 0.619. The fourth-order valence-electron chi connectivity index (χ4n) is 2.78. The van der Waals surface area contributed by atoms with E-state index in [1.807, 2.05) is 0 Å². The molecule has 1 unspecified atom stereocenters. The van der Waals surface area contributed by atoms with Crippen molar-refractivity contribution in [2.24, 2.45) is 0 Å². The summed E-state index contributed by atoms with van der Waals surface area (Å²) in [5.41, 5.74) is 0. The average molecular weight is 438 g/mol. The summed E-state index contributed by atoms with van der Waals surface area (Å²) in [5.74, 6) is 1.07. The summed E-state index contributed by atoms with van der Waals surface area (Å²) in [5, 5.41) is -0.0258. The largest absolute Gasteiger partial charge is 0.410 e. The molecule has 1 saturated heterocycles. The third kappa shape index (κ3) is 5.77. The van der Waals surface area contributed by atoms with Gasteiger partial charge in [-0.3, -0.25) is 0 Å². The lowest BCUT2D eigenvalue weighted by atomic mass is 10.1. The molecule has 0 spiro atoms. The van der Waals surface area contributed by atoms with Crippen molar-refractivity contribution in [1.29, 1.82) is 0 Å². The fourth-order valence-corrected chi connectivity index (χ4v) is 4.28. The van der Waals surface area contributed by atoms with Gasteiger partial charge in [-0.1, -0.05) is 39.1 Å². The molecule has 29 heavy (non-hydrogen) atoms. The number of hydrogen-bond donors (Lipinski definition) is 0. The first-order valence-electron chi connectivity index (χ1n) is 9.64. The maximum Gasteiger partial charge on any atom is 0.364 e. The van der Waals surface area contributed by atoms with Crippen molar-refractivity contribution >= 4 is 26.5 Å². The van der Waals surface area contributed by atoms with E-state index in [4.69, 9.17) is 37.4 Å². The number of hydrogen-bond acceptors (Lipinski definition) is 6. The molecule has 160 valence electrons. The van der Waals surface area contributed by atoms with Crippen molar-refractivity contribution in [3.05, 3.63) is 29.0 Å². The summed E-state index contributed by atoms with van der Waals surface area (Å²) in [4.78, 5) is 18.4. The Morgan fingerprint density at radius 1 is 1.38 bits per heavy atom. The van der Waals surface area contributed by atoms with Crippen LogP contribution in [0.5, 0.6) is 0 Å². The van der Waals surface area contributed by atoms with Gasteiger partial charge in [0, 0.05) is 12.6 Å². The number of pyridine rings is 1. The topological polar surface area (TPSA) is 58.9 Å². The molecule has 1 aliphatic rings. The average Bonchev–Trinajstić information content (AvgIpc) is 2.91. The lowest BCUT2D eigenvalue weighted by molar-refractivity contribution is -0.171. The van der Waals surface area contributed by atoms with Crippen LogP contribution in [-0.2, 0) is 18.7 Å². The number of nitrogens with zero attached hydrogens (tertiary/aromatic N) is 1. The summed E-state index contributed by atoms with van der Waals surface area (Å²) >= 11 is 5.19. The van der Waals surface area contributed by atoms with Gasteiger partial charge in [0.2, 0.25) is 0 Å². The summed E-state index contributed by atoms with van der Waals surface area (Å²) in [6, 6.07) is 5.15. The number of rotatable bonds is 6. The molecule has 1 aliphatic heterocycles. The lowest BCUT2D eigenvalue weighted by Crippen LogP contribution is -2.51. The van der Waals surface area contributed by atoms with E-state index in [0.717, 1.165) is 0 Å². The van der Waals surface area contributed by atoms with Crippen molar-refractivity contribution in [3.63, 3.8) is 0 Å². The molecular weight excluding hydrogens is 406 g/mol. The summed E-state index contributed by atoms with van der Waals surface area (Å²) in [6.45, 7) is 14.2. The second-order valence-corrected chi connectivity index (χ2v) is 14.3. The standard InChI is InChI=1S/C21H31NO5SSi/c1-9-12-15(27-29(7,8)20(2,3)4)17-18(25-21(5,6)24-17)19(23)26-22-14-11-10-13-16(22)28/h1,10-11,13-15,17-18H,12H2,2-8H3/t15?,17-,18+/m0/s1. The first kappa shape index (κ1) is 23.8. The number of carbonyl (C=O) groups excluding carboxylic acids is 1. The minimum absolute atomic E-state index is 0.0258. The van der Waals surface area contributed by atoms with Crippen LogP contribution >= 0.6 is 12.2 Å². The molecule has 1 aromatic heterocycles.